The van der Waals surface area contributed by atoms with E-state index in [-0.39, 0.29) is 24.5 Å². The van der Waals surface area contributed by atoms with Gasteiger partial charge in [-0.25, -0.2) is 4.79 Å². The molecule has 0 radical (unpaired) electrons. The number of carbonyl (C=O) groups is 1. The maximum absolute atomic E-state index is 12.4. The molecule has 0 aromatic carbocycles. The lowest BCUT2D eigenvalue weighted by molar-refractivity contribution is -0.143. The largest absolute Gasteiger partial charge is 0.466 e. The molecule has 0 amide bonds. The Kier molecular flexibility index (Phi) is 5.42. The fourth-order valence-corrected chi connectivity index (χ4v) is 2.73. The number of fused-ring (bicyclic) bond motifs is 1. The SMILES string of the molecule is CCCn1c(=O)n(CCCC(=O)OCC)c(=O)c2nsnc21. The summed E-state index contributed by atoms with van der Waals surface area (Å²) in [7, 11) is 0. The Morgan fingerprint density at radius 1 is 1.18 bits per heavy atom. The first-order chi connectivity index (χ1) is 10.6. The van der Waals surface area contributed by atoms with Crippen molar-refractivity contribution in [3.8, 4) is 0 Å². The zero-order valence-corrected chi connectivity index (χ0v) is 13.4. The van der Waals surface area contributed by atoms with Gasteiger partial charge in [0.25, 0.3) is 5.56 Å². The van der Waals surface area contributed by atoms with E-state index in [1.54, 1.807) is 6.92 Å². The number of hydrogen-bond acceptors (Lipinski definition) is 7. The van der Waals surface area contributed by atoms with E-state index in [2.05, 4.69) is 8.75 Å². The third-order valence-electron chi connectivity index (χ3n) is 3.15. The number of esters is 1. The van der Waals surface area contributed by atoms with Crippen molar-refractivity contribution in [1.82, 2.24) is 17.9 Å². The van der Waals surface area contributed by atoms with E-state index in [1.165, 1.54) is 4.57 Å². The molecule has 0 spiro atoms. The Hall–Kier alpha value is -2.03. The average molecular weight is 326 g/mol. The highest BCUT2D eigenvalue weighted by Gasteiger charge is 2.16. The van der Waals surface area contributed by atoms with Gasteiger partial charge in [0.2, 0.25) is 0 Å². The number of carbonyl (C=O) groups excluding carboxylic acids is 1. The Morgan fingerprint density at radius 2 is 1.95 bits per heavy atom. The molecule has 2 aromatic heterocycles. The van der Waals surface area contributed by atoms with Crippen LogP contribution in [0.25, 0.3) is 11.2 Å². The Morgan fingerprint density at radius 3 is 2.64 bits per heavy atom. The summed E-state index contributed by atoms with van der Waals surface area (Å²) in [5, 5.41) is 0. The molecule has 0 atom stereocenters. The first-order valence-corrected chi connectivity index (χ1v) is 7.94. The number of hydrogen-bond donors (Lipinski definition) is 0. The van der Waals surface area contributed by atoms with E-state index >= 15 is 0 Å². The molecule has 0 N–H and O–H groups in total. The van der Waals surface area contributed by atoms with Crippen LogP contribution in [-0.4, -0.2) is 30.5 Å². The molecule has 2 heterocycles. The number of aromatic nitrogens is 4. The highest BCUT2D eigenvalue weighted by molar-refractivity contribution is 7.00. The van der Waals surface area contributed by atoms with E-state index in [4.69, 9.17) is 4.74 Å². The summed E-state index contributed by atoms with van der Waals surface area (Å²) in [6.07, 6.45) is 1.28. The van der Waals surface area contributed by atoms with Crippen LogP contribution in [0.15, 0.2) is 9.59 Å². The monoisotopic (exact) mass is 326 g/mol. The molecule has 0 saturated carbocycles. The molecule has 9 heteroatoms. The summed E-state index contributed by atoms with van der Waals surface area (Å²) in [4.78, 5) is 36.1. The van der Waals surface area contributed by atoms with Crippen molar-refractivity contribution < 1.29 is 9.53 Å². The Balaban J connectivity index is 2.31. The van der Waals surface area contributed by atoms with Crippen molar-refractivity contribution in [2.45, 2.75) is 46.2 Å². The topological polar surface area (TPSA) is 96.1 Å². The molecule has 0 aliphatic heterocycles. The fraction of sp³-hybridized carbons (Fsp3) is 0.615. The van der Waals surface area contributed by atoms with Crippen molar-refractivity contribution in [2.75, 3.05) is 6.61 Å². The minimum absolute atomic E-state index is 0.160. The summed E-state index contributed by atoms with van der Waals surface area (Å²) in [6, 6.07) is 0. The van der Waals surface area contributed by atoms with Crippen LogP contribution >= 0.6 is 11.7 Å². The summed E-state index contributed by atoms with van der Waals surface area (Å²) in [5.74, 6) is -0.333. The van der Waals surface area contributed by atoms with Crippen molar-refractivity contribution in [2.24, 2.45) is 0 Å². The molecule has 0 fully saturated rings. The van der Waals surface area contributed by atoms with Gasteiger partial charge in [-0.3, -0.25) is 18.7 Å². The standard InChI is InChI=1S/C13H18N4O4S/c1-3-7-16-11-10(14-22-15-11)12(19)17(13(16)20)8-5-6-9(18)21-4-2/h3-8H2,1-2H3. The Bertz CT molecular complexity index is 776. The van der Waals surface area contributed by atoms with E-state index in [1.807, 2.05) is 6.92 Å². The number of rotatable bonds is 7. The van der Waals surface area contributed by atoms with Crippen molar-refractivity contribution >= 4 is 28.9 Å². The van der Waals surface area contributed by atoms with Crippen LogP contribution in [-0.2, 0) is 22.6 Å². The van der Waals surface area contributed by atoms with Crippen LogP contribution in [0.1, 0.15) is 33.1 Å². The quantitative estimate of drug-likeness (QED) is 0.697. The lowest BCUT2D eigenvalue weighted by Gasteiger charge is -2.09. The smallest absolute Gasteiger partial charge is 0.332 e. The molecule has 8 nitrogen and oxygen atoms in total. The lowest BCUT2D eigenvalue weighted by atomic mass is 10.3. The summed E-state index contributed by atoms with van der Waals surface area (Å²) >= 11 is 0.913. The van der Waals surface area contributed by atoms with E-state index < -0.39 is 11.2 Å². The van der Waals surface area contributed by atoms with Gasteiger partial charge in [-0.1, -0.05) is 6.92 Å². The van der Waals surface area contributed by atoms with Gasteiger partial charge in [0.15, 0.2) is 11.2 Å². The molecule has 120 valence electrons. The molecule has 2 aromatic rings. The minimum Gasteiger partial charge on any atom is -0.466 e. The van der Waals surface area contributed by atoms with Gasteiger partial charge in [0.05, 0.1) is 18.3 Å². The molecule has 0 aliphatic rings. The second kappa shape index (κ2) is 7.30. The van der Waals surface area contributed by atoms with Gasteiger partial charge < -0.3 is 4.74 Å². The van der Waals surface area contributed by atoms with Crippen LogP contribution in [0.5, 0.6) is 0 Å². The normalized spacial score (nSPS) is 11.0. The number of ether oxygens (including phenoxy) is 1. The third-order valence-corrected chi connectivity index (χ3v) is 3.67. The van der Waals surface area contributed by atoms with Crippen molar-refractivity contribution in [3.63, 3.8) is 0 Å². The van der Waals surface area contributed by atoms with E-state index in [9.17, 15) is 14.4 Å². The predicted molar refractivity (Wildman–Crippen MR) is 82.1 cm³/mol. The molecule has 2 rings (SSSR count). The summed E-state index contributed by atoms with van der Waals surface area (Å²) in [6.45, 7) is 4.62. The maximum Gasteiger partial charge on any atom is 0.332 e. The van der Waals surface area contributed by atoms with Crippen LogP contribution < -0.4 is 11.2 Å². The second-order valence-electron chi connectivity index (χ2n) is 4.74. The van der Waals surface area contributed by atoms with Gasteiger partial charge >= 0.3 is 11.7 Å². The molecule has 22 heavy (non-hydrogen) atoms. The minimum atomic E-state index is -0.454. The van der Waals surface area contributed by atoms with Crippen LogP contribution in [0.2, 0.25) is 0 Å². The molecular formula is C13H18N4O4S. The van der Waals surface area contributed by atoms with Crippen LogP contribution in [0.3, 0.4) is 0 Å². The summed E-state index contributed by atoms with van der Waals surface area (Å²) in [5.41, 5.74) is -0.321. The van der Waals surface area contributed by atoms with Gasteiger partial charge in [-0.05, 0) is 19.8 Å². The van der Waals surface area contributed by atoms with Gasteiger partial charge in [-0.15, -0.1) is 0 Å². The molecule has 0 aliphatic carbocycles. The highest BCUT2D eigenvalue weighted by Crippen LogP contribution is 2.05. The number of nitrogens with zero attached hydrogens (tertiary/aromatic N) is 4. The van der Waals surface area contributed by atoms with Gasteiger partial charge in [-0.2, -0.15) is 8.75 Å². The maximum atomic E-state index is 12.4. The molecule has 0 bridgehead atoms. The average Bonchev–Trinajstić information content (AvgIpc) is 2.97. The highest BCUT2D eigenvalue weighted by atomic mass is 32.1. The molecule has 0 saturated heterocycles. The Labute approximate surface area is 130 Å². The lowest BCUT2D eigenvalue weighted by Crippen LogP contribution is -2.40. The number of aryl methyl sites for hydroxylation is 1. The summed E-state index contributed by atoms with van der Waals surface area (Å²) < 4.78 is 15.4. The predicted octanol–water partition coefficient (Wildman–Crippen LogP) is 0.768. The first kappa shape index (κ1) is 16.3. The third kappa shape index (κ3) is 3.24. The first-order valence-electron chi connectivity index (χ1n) is 7.21. The van der Waals surface area contributed by atoms with Gasteiger partial charge in [0, 0.05) is 19.5 Å². The fourth-order valence-electron chi connectivity index (χ4n) is 2.18. The van der Waals surface area contributed by atoms with Crippen LogP contribution in [0.4, 0.5) is 0 Å². The zero-order valence-electron chi connectivity index (χ0n) is 12.6. The van der Waals surface area contributed by atoms with E-state index in [0.29, 0.717) is 25.2 Å². The zero-order chi connectivity index (χ0) is 16.1. The second-order valence-corrected chi connectivity index (χ2v) is 5.26. The van der Waals surface area contributed by atoms with E-state index in [0.717, 1.165) is 22.7 Å². The van der Waals surface area contributed by atoms with Crippen molar-refractivity contribution in [3.05, 3.63) is 20.8 Å². The molecular weight excluding hydrogens is 308 g/mol. The van der Waals surface area contributed by atoms with Crippen LogP contribution in [0, 0.1) is 0 Å². The molecule has 0 unspecified atom stereocenters. The van der Waals surface area contributed by atoms with Crippen molar-refractivity contribution in [1.29, 1.82) is 0 Å². The van der Waals surface area contributed by atoms with Gasteiger partial charge in [0.1, 0.15) is 0 Å².